The highest BCUT2D eigenvalue weighted by molar-refractivity contribution is 7.93. The number of halogens is 1. The lowest BCUT2D eigenvalue weighted by Crippen LogP contribution is -2.45. The van der Waals surface area contributed by atoms with Crippen LogP contribution in [0.2, 0.25) is 5.02 Å². The molecule has 1 N–H and O–H groups in total. The summed E-state index contributed by atoms with van der Waals surface area (Å²) in [7, 11) is -3.45. The van der Waals surface area contributed by atoms with Crippen LogP contribution in [-0.4, -0.2) is 31.4 Å². The highest BCUT2D eigenvalue weighted by Gasteiger charge is 2.31. The summed E-state index contributed by atoms with van der Waals surface area (Å²) >= 11 is 5.99. The molecule has 22 heavy (non-hydrogen) atoms. The van der Waals surface area contributed by atoms with E-state index in [1.54, 1.807) is 19.9 Å². The summed E-state index contributed by atoms with van der Waals surface area (Å²) in [5.74, 6) is -0.469. The van der Waals surface area contributed by atoms with Gasteiger partial charge in [0.1, 0.15) is 5.25 Å². The molecule has 0 aromatic heterocycles. The van der Waals surface area contributed by atoms with E-state index in [2.05, 4.69) is 5.32 Å². The number of sulfone groups is 1. The fourth-order valence-corrected chi connectivity index (χ4v) is 3.41. The van der Waals surface area contributed by atoms with Crippen molar-refractivity contribution in [3.05, 3.63) is 34.9 Å². The molecule has 0 aliphatic rings. The van der Waals surface area contributed by atoms with Gasteiger partial charge in [-0.25, -0.2) is 8.42 Å². The van der Waals surface area contributed by atoms with Crippen LogP contribution in [-0.2, 0) is 20.0 Å². The predicted octanol–water partition coefficient (Wildman–Crippen LogP) is 2.95. The van der Waals surface area contributed by atoms with Crippen LogP contribution in [0, 0.1) is 0 Å². The maximum Gasteiger partial charge on any atom is 0.238 e. The van der Waals surface area contributed by atoms with Crippen molar-refractivity contribution in [3.8, 4) is 0 Å². The van der Waals surface area contributed by atoms with Crippen LogP contribution in [0.4, 0.5) is 0 Å². The number of nitrogens with one attached hydrogen (secondary N) is 1. The molecule has 1 atom stereocenters. The lowest BCUT2D eigenvalue weighted by Gasteiger charge is -2.27. The molecule has 4 nitrogen and oxygen atoms in total. The highest BCUT2D eigenvalue weighted by Crippen LogP contribution is 2.25. The van der Waals surface area contributed by atoms with Crippen molar-refractivity contribution < 1.29 is 13.2 Å². The minimum Gasteiger partial charge on any atom is -0.354 e. The van der Waals surface area contributed by atoms with Crippen LogP contribution < -0.4 is 5.32 Å². The van der Waals surface area contributed by atoms with E-state index in [4.69, 9.17) is 11.6 Å². The molecule has 1 amide bonds. The Labute approximate surface area is 138 Å². The van der Waals surface area contributed by atoms with E-state index >= 15 is 0 Å². The van der Waals surface area contributed by atoms with Crippen molar-refractivity contribution in [2.75, 3.05) is 6.54 Å². The molecule has 0 unspecified atom stereocenters. The van der Waals surface area contributed by atoms with Crippen molar-refractivity contribution in [3.63, 3.8) is 0 Å². The summed E-state index contributed by atoms with van der Waals surface area (Å²) < 4.78 is 24.1. The number of carbonyl (C=O) groups is 1. The summed E-state index contributed by atoms with van der Waals surface area (Å²) in [5.41, 5.74) is 0.640. The Bertz CT molecular complexity index is 639. The van der Waals surface area contributed by atoms with E-state index < -0.39 is 26.2 Å². The fraction of sp³-hybridized carbons (Fsp3) is 0.562. The Morgan fingerprint density at radius 3 is 2.36 bits per heavy atom. The predicted molar refractivity (Wildman–Crippen MR) is 91.0 cm³/mol. The minimum atomic E-state index is -3.45. The average Bonchev–Trinajstić information content (AvgIpc) is 2.43. The molecule has 0 saturated heterocycles. The third kappa shape index (κ3) is 4.46. The molecule has 0 saturated carbocycles. The maximum atomic E-state index is 12.1. The normalized spacial score (nSPS) is 14.0. The van der Waals surface area contributed by atoms with Gasteiger partial charge in [-0.3, -0.25) is 4.79 Å². The molecule has 124 valence electrons. The molecule has 0 aliphatic heterocycles. The maximum absolute atomic E-state index is 12.1. The number of carbonyl (C=O) groups excluding carboxylic acids is 1. The van der Waals surface area contributed by atoms with Gasteiger partial charge in [-0.05, 0) is 38.5 Å². The van der Waals surface area contributed by atoms with Crippen molar-refractivity contribution in [1.82, 2.24) is 5.32 Å². The van der Waals surface area contributed by atoms with Gasteiger partial charge in [0.15, 0.2) is 9.84 Å². The second-order valence-electron chi connectivity index (χ2n) is 6.39. The summed E-state index contributed by atoms with van der Waals surface area (Å²) in [6, 6.07) is 7.43. The van der Waals surface area contributed by atoms with E-state index in [1.807, 2.05) is 32.0 Å². The summed E-state index contributed by atoms with van der Waals surface area (Å²) in [6.07, 6.45) is 0. The van der Waals surface area contributed by atoms with Gasteiger partial charge in [-0.1, -0.05) is 37.6 Å². The molecular weight excluding hydrogens is 322 g/mol. The van der Waals surface area contributed by atoms with E-state index in [9.17, 15) is 13.2 Å². The number of hydrogen-bond donors (Lipinski definition) is 1. The van der Waals surface area contributed by atoms with Crippen molar-refractivity contribution in [2.45, 2.75) is 50.5 Å². The lowest BCUT2D eigenvalue weighted by molar-refractivity contribution is -0.120. The van der Waals surface area contributed by atoms with Gasteiger partial charge < -0.3 is 5.32 Å². The zero-order chi connectivity index (χ0) is 17.1. The largest absolute Gasteiger partial charge is 0.354 e. The van der Waals surface area contributed by atoms with Crippen LogP contribution in [0.5, 0.6) is 0 Å². The first-order chi connectivity index (χ1) is 9.98. The molecule has 1 aromatic carbocycles. The summed E-state index contributed by atoms with van der Waals surface area (Å²) in [5, 5.41) is 1.74. The lowest BCUT2D eigenvalue weighted by atomic mass is 9.84. The molecule has 0 fully saturated rings. The van der Waals surface area contributed by atoms with Crippen molar-refractivity contribution in [1.29, 1.82) is 0 Å². The molecule has 1 aromatic rings. The van der Waals surface area contributed by atoms with Gasteiger partial charge in [-0.2, -0.15) is 0 Å². The Morgan fingerprint density at radius 2 is 1.86 bits per heavy atom. The van der Waals surface area contributed by atoms with Gasteiger partial charge in [0.05, 0.1) is 5.25 Å². The molecule has 0 aliphatic carbocycles. The molecule has 0 spiro atoms. The SMILES string of the molecule is CC(C)S(=O)(=O)[C@H](C)C(=O)NCC(C)(C)c1cccc(Cl)c1. The Balaban J connectivity index is 2.79. The van der Waals surface area contributed by atoms with Crippen molar-refractivity contribution >= 4 is 27.3 Å². The Hall–Kier alpha value is -1.07. The zero-order valence-corrected chi connectivity index (χ0v) is 15.3. The summed E-state index contributed by atoms with van der Waals surface area (Å²) in [6.45, 7) is 8.87. The van der Waals surface area contributed by atoms with Gasteiger partial charge in [0, 0.05) is 17.0 Å². The molecule has 0 bridgehead atoms. The smallest absolute Gasteiger partial charge is 0.238 e. The molecule has 0 radical (unpaired) electrons. The molecular formula is C16H24ClNO3S. The molecule has 0 heterocycles. The Morgan fingerprint density at radius 1 is 1.27 bits per heavy atom. The van der Waals surface area contributed by atoms with Gasteiger partial charge in [-0.15, -0.1) is 0 Å². The fourth-order valence-electron chi connectivity index (χ4n) is 2.02. The first-order valence-electron chi connectivity index (χ1n) is 7.25. The van der Waals surface area contributed by atoms with Crippen LogP contribution in [0.3, 0.4) is 0 Å². The second kappa shape index (κ2) is 7.01. The number of amides is 1. The van der Waals surface area contributed by atoms with Crippen LogP contribution >= 0.6 is 11.6 Å². The molecule has 6 heteroatoms. The van der Waals surface area contributed by atoms with E-state index in [0.29, 0.717) is 11.6 Å². The van der Waals surface area contributed by atoms with E-state index in [1.165, 1.54) is 6.92 Å². The highest BCUT2D eigenvalue weighted by atomic mass is 35.5. The topological polar surface area (TPSA) is 63.2 Å². The van der Waals surface area contributed by atoms with Gasteiger partial charge in [0.25, 0.3) is 0 Å². The number of benzene rings is 1. The van der Waals surface area contributed by atoms with Crippen LogP contribution in [0.1, 0.15) is 40.2 Å². The third-order valence-corrected chi connectivity index (χ3v) is 6.58. The first-order valence-corrected chi connectivity index (χ1v) is 9.23. The van der Waals surface area contributed by atoms with Gasteiger partial charge in [0.2, 0.25) is 5.91 Å². The first kappa shape index (κ1) is 19.0. The third-order valence-electron chi connectivity index (χ3n) is 3.83. The van der Waals surface area contributed by atoms with E-state index in [-0.39, 0.29) is 5.41 Å². The monoisotopic (exact) mass is 345 g/mol. The number of hydrogen-bond acceptors (Lipinski definition) is 3. The van der Waals surface area contributed by atoms with Crippen molar-refractivity contribution in [2.24, 2.45) is 0 Å². The average molecular weight is 346 g/mol. The minimum absolute atomic E-state index is 0.337. The summed E-state index contributed by atoms with van der Waals surface area (Å²) in [4.78, 5) is 12.1. The standard InChI is InChI=1S/C16H24ClNO3S/c1-11(2)22(20,21)12(3)15(19)18-10-16(4,5)13-7-6-8-14(17)9-13/h6-9,11-12H,10H2,1-5H3,(H,18,19)/t12-/m1/s1. The number of rotatable bonds is 6. The second-order valence-corrected chi connectivity index (χ2v) is 9.66. The van der Waals surface area contributed by atoms with Crippen LogP contribution in [0.15, 0.2) is 24.3 Å². The zero-order valence-electron chi connectivity index (χ0n) is 13.7. The Kier molecular flexibility index (Phi) is 6.04. The van der Waals surface area contributed by atoms with E-state index in [0.717, 1.165) is 5.56 Å². The van der Waals surface area contributed by atoms with Gasteiger partial charge >= 0.3 is 0 Å². The van der Waals surface area contributed by atoms with Crippen LogP contribution in [0.25, 0.3) is 0 Å². The quantitative estimate of drug-likeness (QED) is 0.862. The molecule has 1 rings (SSSR count).